The summed E-state index contributed by atoms with van der Waals surface area (Å²) in [6.45, 7) is 14.0. The molecule has 4 aliphatic carbocycles. The fraction of sp³-hybridized carbons (Fsp3) is 0.882. The number of hydrogen-bond donors (Lipinski definition) is 1. The lowest BCUT2D eigenvalue weighted by molar-refractivity contribution is -0.0415. The maximum Gasteiger partial charge on any atom is 0.00766 e. The number of hydrogen-bond acceptors (Lipinski definition) is 1. The van der Waals surface area contributed by atoms with Gasteiger partial charge in [-0.2, -0.15) is 0 Å². The van der Waals surface area contributed by atoms with E-state index in [4.69, 9.17) is 5.73 Å². The fourth-order valence-electron chi connectivity index (χ4n) is 9.10. The molecule has 0 bridgehead atoms. The molecule has 2 N–H and O–H groups in total. The normalized spacial score (nSPS) is 38.4. The third-order valence-electron chi connectivity index (χ3n) is 11.3. The first-order valence-corrected chi connectivity index (χ1v) is 16.0. The first-order chi connectivity index (χ1) is 16.9. The summed E-state index contributed by atoms with van der Waals surface area (Å²) < 4.78 is 0. The quantitative estimate of drug-likeness (QED) is 0.306. The van der Waals surface area contributed by atoms with Gasteiger partial charge in [0.25, 0.3) is 0 Å². The molecule has 0 aromatic rings. The molecule has 0 aromatic heterocycles. The predicted octanol–water partition coefficient (Wildman–Crippen LogP) is 10.5. The lowest BCUT2D eigenvalue weighted by Gasteiger charge is -2.58. The van der Waals surface area contributed by atoms with Crippen molar-refractivity contribution in [2.75, 3.05) is 0 Å². The van der Waals surface area contributed by atoms with E-state index in [0.29, 0.717) is 16.9 Å². The van der Waals surface area contributed by atoms with Crippen LogP contribution < -0.4 is 5.73 Å². The van der Waals surface area contributed by atoms with Crippen molar-refractivity contribution >= 4 is 0 Å². The van der Waals surface area contributed by atoms with Gasteiger partial charge in [0.2, 0.25) is 0 Å². The minimum absolute atomic E-state index is 0. The number of allylic oxidation sites excluding steroid dienone is 3. The molecule has 3 saturated carbocycles. The maximum atomic E-state index is 6.37. The van der Waals surface area contributed by atoms with E-state index in [1.54, 1.807) is 5.57 Å². The van der Waals surface area contributed by atoms with Crippen LogP contribution in [0.25, 0.3) is 0 Å². The standard InChI is InChI=1S/C32H55N.C2H6.H2/c1-5-7-11-24(12-8-6-2)13-9-10-14-25-16-18-29-28-17-15-26-23-27(33)19-21-32(26,4)30(28)20-22-31(25,29)3;1-2;/h9-10,15,24-25,27-30H,5-8,11-14,16-23,33H2,1-4H3;1-2H3;1H/b10-9+;;. The summed E-state index contributed by atoms with van der Waals surface area (Å²) in [6.07, 6.45) is 29.9. The van der Waals surface area contributed by atoms with E-state index in [9.17, 15) is 0 Å². The lowest BCUT2D eigenvalue weighted by Crippen LogP contribution is -2.51. The summed E-state index contributed by atoms with van der Waals surface area (Å²) in [7, 11) is 0. The van der Waals surface area contributed by atoms with Crippen LogP contribution >= 0.6 is 0 Å². The lowest BCUT2D eigenvalue weighted by atomic mass is 9.47. The molecule has 1 nitrogen and oxygen atoms in total. The molecule has 3 fully saturated rings. The molecule has 4 rings (SSSR count). The zero-order valence-corrected chi connectivity index (χ0v) is 24.6. The van der Waals surface area contributed by atoms with Crippen LogP contribution in [0.4, 0.5) is 0 Å². The smallest absolute Gasteiger partial charge is 0.00766 e. The summed E-state index contributed by atoms with van der Waals surface area (Å²) in [6, 6.07) is 0.418. The number of unbranched alkanes of at least 4 members (excludes halogenated alkanes) is 2. The SMILES string of the molecule is CC.CCCCC(C/C=C/CC1CCC2C3CC=C4CC(N)CCC4(C)C3CCC12C)CCCC.[HH]. The third kappa shape index (κ3) is 6.30. The monoisotopic (exact) mass is 485 g/mol. The van der Waals surface area contributed by atoms with Crippen LogP contribution in [0.1, 0.15) is 146 Å². The van der Waals surface area contributed by atoms with Crippen LogP contribution in [0.15, 0.2) is 23.8 Å². The topological polar surface area (TPSA) is 26.0 Å². The van der Waals surface area contributed by atoms with E-state index in [-0.39, 0.29) is 1.43 Å². The van der Waals surface area contributed by atoms with Gasteiger partial charge in [0.15, 0.2) is 0 Å². The van der Waals surface area contributed by atoms with Crippen molar-refractivity contribution < 1.29 is 1.43 Å². The Morgan fingerprint density at radius 3 is 2.37 bits per heavy atom. The largest absolute Gasteiger partial charge is 0.327 e. The van der Waals surface area contributed by atoms with Crippen molar-refractivity contribution in [2.45, 2.75) is 150 Å². The van der Waals surface area contributed by atoms with Crippen molar-refractivity contribution in [1.29, 1.82) is 0 Å². The van der Waals surface area contributed by atoms with Gasteiger partial charge in [0, 0.05) is 7.47 Å². The predicted molar refractivity (Wildman–Crippen MR) is 158 cm³/mol. The Kier molecular flexibility index (Phi) is 11.0. The molecule has 7 atom stereocenters. The molecule has 1 heteroatoms. The zero-order valence-electron chi connectivity index (χ0n) is 24.6. The van der Waals surface area contributed by atoms with E-state index in [2.05, 4.69) is 45.9 Å². The Hall–Kier alpha value is -0.560. The molecule has 4 aliphatic rings. The fourth-order valence-corrected chi connectivity index (χ4v) is 9.10. The van der Waals surface area contributed by atoms with Crippen LogP contribution in [0.3, 0.4) is 0 Å². The molecule has 0 saturated heterocycles. The van der Waals surface area contributed by atoms with Gasteiger partial charge in [-0.25, -0.2) is 0 Å². The molecule has 0 spiro atoms. The van der Waals surface area contributed by atoms with Crippen molar-refractivity contribution in [3.05, 3.63) is 23.8 Å². The first kappa shape index (κ1) is 29.0. The maximum absolute atomic E-state index is 6.37. The van der Waals surface area contributed by atoms with E-state index < -0.39 is 0 Å². The van der Waals surface area contributed by atoms with Crippen LogP contribution in [-0.2, 0) is 0 Å². The van der Waals surface area contributed by atoms with Gasteiger partial charge < -0.3 is 5.73 Å². The molecular weight excluding hydrogens is 422 g/mol. The molecule has 204 valence electrons. The van der Waals surface area contributed by atoms with Crippen molar-refractivity contribution in [3.8, 4) is 0 Å². The third-order valence-corrected chi connectivity index (χ3v) is 11.3. The van der Waals surface area contributed by atoms with Gasteiger partial charge in [-0.3, -0.25) is 0 Å². The van der Waals surface area contributed by atoms with Crippen molar-refractivity contribution in [2.24, 2.45) is 46.2 Å². The molecular formula is C34H63N. The summed E-state index contributed by atoms with van der Waals surface area (Å²) in [5.41, 5.74) is 9.16. The molecule has 35 heavy (non-hydrogen) atoms. The second-order valence-corrected chi connectivity index (χ2v) is 13.2. The van der Waals surface area contributed by atoms with Crippen LogP contribution in [0, 0.1) is 40.4 Å². The van der Waals surface area contributed by atoms with E-state index >= 15 is 0 Å². The van der Waals surface area contributed by atoms with E-state index in [0.717, 1.165) is 29.6 Å². The Morgan fingerprint density at radius 1 is 0.971 bits per heavy atom. The Morgan fingerprint density at radius 2 is 1.69 bits per heavy atom. The molecule has 0 aromatic carbocycles. The summed E-state index contributed by atoms with van der Waals surface area (Å²) >= 11 is 0. The van der Waals surface area contributed by atoms with Crippen molar-refractivity contribution in [3.63, 3.8) is 0 Å². The minimum Gasteiger partial charge on any atom is -0.327 e. The van der Waals surface area contributed by atoms with Crippen molar-refractivity contribution in [1.82, 2.24) is 0 Å². The number of nitrogens with two attached hydrogens (primary N) is 1. The average molecular weight is 486 g/mol. The molecule has 0 amide bonds. The molecule has 0 radical (unpaired) electrons. The Labute approximate surface area is 221 Å². The van der Waals surface area contributed by atoms with E-state index in [1.807, 2.05) is 13.8 Å². The number of rotatable bonds is 10. The van der Waals surface area contributed by atoms with Gasteiger partial charge in [0.05, 0.1) is 0 Å². The van der Waals surface area contributed by atoms with Gasteiger partial charge in [0.1, 0.15) is 0 Å². The average Bonchev–Trinajstić information content (AvgIpc) is 3.20. The van der Waals surface area contributed by atoms with Gasteiger partial charge in [-0.05, 0) is 105 Å². The summed E-state index contributed by atoms with van der Waals surface area (Å²) in [4.78, 5) is 0. The van der Waals surface area contributed by atoms with Crippen LogP contribution in [0.5, 0.6) is 0 Å². The highest BCUT2D eigenvalue weighted by Gasteiger charge is 2.58. The number of fused-ring (bicyclic) bond motifs is 5. The molecule has 7 unspecified atom stereocenters. The molecule has 0 heterocycles. The Balaban J connectivity index is 0.00000148. The minimum atomic E-state index is 0. The zero-order chi connectivity index (χ0) is 25.5. The summed E-state index contributed by atoms with van der Waals surface area (Å²) in [5, 5.41) is 0. The van der Waals surface area contributed by atoms with Crippen LogP contribution in [-0.4, -0.2) is 6.04 Å². The molecule has 0 aliphatic heterocycles. The second kappa shape index (κ2) is 13.3. The second-order valence-electron chi connectivity index (χ2n) is 13.2. The Bertz CT molecular complexity index is 689. The first-order valence-electron chi connectivity index (χ1n) is 16.0. The van der Waals surface area contributed by atoms with Crippen LogP contribution in [0.2, 0.25) is 0 Å². The van der Waals surface area contributed by atoms with Gasteiger partial charge >= 0.3 is 0 Å². The van der Waals surface area contributed by atoms with E-state index in [1.165, 1.54) is 103 Å². The highest BCUT2D eigenvalue weighted by Crippen LogP contribution is 2.66. The summed E-state index contributed by atoms with van der Waals surface area (Å²) in [5.74, 6) is 4.67. The van der Waals surface area contributed by atoms with Gasteiger partial charge in [-0.1, -0.05) is 104 Å². The highest BCUT2D eigenvalue weighted by atomic mass is 14.7. The highest BCUT2D eigenvalue weighted by molar-refractivity contribution is 5.25. The van der Waals surface area contributed by atoms with Gasteiger partial charge in [-0.15, -0.1) is 0 Å².